The van der Waals surface area contributed by atoms with Crippen molar-refractivity contribution in [1.82, 2.24) is 9.88 Å². The first-order valence-corrected chi connectivity index (χ1v) is 8.99. The van der Waals surface area contributed by atoms with Crippen LogP contribution in [0.5, 0.6) is 0 Å². The molecule has 146 valence electrons. The summed E-state index contributed by atoms with van der Waals surface area (Å²) >= 11 is 0. The zero-order valence-electron chi connectivity index (χ0n) is 15.5. The lowest BCUT2D eigenvalue weighted by molar-refractivity contribution is 0.0302. The van der Waals surface area contributed by atoms with E-state index in [9.17, 15) is 14.4 Å². The van der Waals surface area contributed by atoms with Crippen molar-refractivity contribution in [3.63, 3.8) is 0 Å². The Hall–Kier alpha value is -3.26. The molecular formula is C20H21N3O5. The van der Waals surface area contributed by atoms with E-state index in [1.54, 1.807) is 36.1 Å². The summed E-state index contributed by atoms with van der Waals surface area (Å²) in [5.41, 5.74) is 1.13. The Morgan fingerprint density at radius 1 is 1.14 bits per heavy atom. The second-order valence-corrected chi connectivity index (χ2v) is 6.09. The highest BCUT2D eigenvalue weighted by Gasteiger charge is 2.20. The van der Waals surface area contributed by atoms with Crippen LogP contribution < -0.4 is 5.32 Å². The van der Waals surface area contributed by atoms with Crippen LogP contribution in [0.25, 0.3) is 0 Å². The van der Waals surface area contributed by atoms with E-state index in [4.69, 9.17) is 9.47 Å². The van der Waals surface area contributed by atoms with Crippen LogP contribution >= 0.6 is 0 Å². The van der Waals surface area contributed by atoms with Gasteiger partial charge in [0.2, 0.25) is 0 Å². The molecule has 0 bridgehead atoms. The number of anilines is 1. The molecule has 0 atom stereocenters. The van der Waals surface area contributed by atoms with Gasteiger partial charge < -0.3 is 19.7 Å². The summed E-state index contributed by atoms with van der Waals surface area (Å²) in [6.45, 7) is 3.93. The highest BCUT2D eigenvalue weighted by Crippen LogP contribution is 2.18. The van der Waals surface area contributed by atoms with E-state index in [-0.39, 0.29) is 23.6 Å². The van der Waals surface area contributed by atoms with Crippen LogP contribution in [0.15, 0.2) is 42.7 Å². The molecule has 1 aliphatic rings. The number of para-hydroxylation sites is 1. The number of nitrogens with one attached hydrogen (secondary N) is 1. The van der Waals surface area contributed by atoms with Gasteiger partial charge in [-0.25, -0.2) is 4.79 Å². The van der Waals surface area contributed by atoms with Gasteiger partial charge in [-0.3, -0.25) is 14.6 Å². The summed E-state index contributed by atoms with van der Waals surface area (Å²) in [6.07, 6.45) is 2.81. The number of hydrogen-bond donors (Lipinski definition) is 1. The number of hydrogen-bond acceptors (Lipinski definition) is 6. The maximum Gasteiger partial charge on any atom is 0.340 e. The average molecular weight is 383 g/mol. The lowest BCUT2D eigenvalue weighted by atomic mass is 10.1. The van der Waals surface area contributed by atoms with Gasteiger partial charge in [0.1, 0.15) is 0 Å². The van der Waals surface area contributed by atoms with E-state index >= 15 is 0 Å². The van der Waals surface area contributed by atoms with Gasteiger partial charge in [0.25, 0.3) is 11.8 Å². The number of pyridine rings is 1. The molecule has 1 aromatic carbocycles. The molecule has 0 saturated carbocycles. The standard InChI is InChI=1S/C20H21N3O5/c1-2-28-20(26)16-5-3-4-6-17(16)22-18(24)14-11-15(13-21-12-14)19(25)23-7-9-27-10-8-23/h3-6,11-13H,2,7-10H2,1H3,(H,22,24). The van der Waals surface area contributed by atoms with Crippen molar-refractivity contribution in [2.24, 2.45) is 0 Å². The number of ether oxygens (including phenoxy) is 2. The number of morpholine rings is 1. The van der Waals surface area contributed by atoms with E-state index in [1.807, 2.05) is 0 Å². The van der Waals surface area contributed by atoms with Crippen molar-refractivity contribution in [1.29, 1.82) is 0 Å². The van der Waals surface area contributed by atoms with E-state index in [0.717, 1.165) is 0 Å². The Labute approximate surface area is 162 Å². The Morgan fingerprint density at radius 3 is 2.61 bits per heavy atom. The molecule has 28 heavy (non-hydrogen) atoms. The van der Waals surface area contributed by atoms with Crippen LogP contribution in [0.3, 0.4) is 0 Å². The molecule has 0 unspecified atom stereocenters. The topological polar surface area (TPSA) is 97.8 Å². The van der Waals surface area contributed by atoms with E-state index in [1.165, 1.54) is 18.5 Å². The minimum Gasteiger partial charge on any atom is -0.462 e. The van der Waals surface area contributed by atoms with Gasteiger partial charge in [-0.2, -0.15) is 0 Å². The Morgan fingerprint density at radius 2 is 1.86 bits per heavy atom. The molecule has 3 rings (SSSR count). The SMILES string of the molecule is CCOC(=O)c1ccccc1NC(=O)c1cncc(C(=O)N2CCOCC2)c1. The molecule has 2 heterocycles. The van der Waals surface area contributed by atoms with Gasteiger partial charge in [0, 0.05) is 25.5 Å². The largest absolute Gasteiger partial charge is 0.462 e. The quantitative estimate of drug-likeness (QED) is 0.793. The molecule has 1 aromatic heterocycles. The maximum absolute atomic E-state index is 12.6. The second kappa shape index (κ2) is 9.09. The van der Waals surface area contributed by atoms with Crippen molar-refractivity contribution < 1.29 is 23.9 Å². The maximum atomic E-state index is 12.6. The molecular weight excluding hydrogens is 362 g/mol. The lowest BCUT2D eigenvalue weighted by Crippen LogP contribution is -2.40. The summed E-state index contributed by atoms with van der Waals surface area (Å²) in [7, 11) is 0. The lowest BCUT2D eigenvalue weighted by Gasteiger charge is -2.26. The molecule has 8 heteroatoms. The zero-order chi connectivity index (χ0) is 19.9. The second-order valence-electron chi connectivity index (χ2n) is 6.09. The van der Waals surface area contributed by atoms with Gasteiger partial charge in [-0.15, -0.1) is 0 Å². The van der Waals surface area contributed by atoms with Gasteiger partial charge in [-0.05, 0) is 25.1 Å². The van der Waals surface area contributed by atoms with Crippen LogP contribution in [0, 0.1) is 0 Å². The van der Waals surface area contributed by atoms with Crippen LogP contribution in [-0.2, 0) is 9.47 Å². The molecule has 1 fully saturated rings. The number of rotatable bonds is 5. The Kier molecular flexibility index (Phi) is 6.33. The average Bonchev–Trinajstić information content (AvgIpc) is 2.74. The number of nitrogens with zero attached hydrogens (tertiary/aromatic N) is 2. The number of benzene rings is 1. The van der Waals surface area contributed by atoms with E-state index < -0.39 is 11.9 Å². The third kappa shape index (κ3) is 4.52. The monoisotopic (exact) mass is 383 g/mol. The smallest absolute Gasteiger partial charge is 0.340 e. The minimum absolute atomic E-state index is 0.197. The molecule has 1 saturated heterocycles. The normalized spacial score (nSPS) is 13.7. The van der Waals surface area contributed by atoms with E-state index in [2.05, 4.69) is 10.3 Å². The first-order valence-electron chi connectivity index (χ1n) is 8.99. The van der Waals surface area contributed by atoms with E-state index in [0.29, 0.717) is 37.6 Å². The van der Waals surface area contributed by atoms with Crippen molar-refractivity contribution >= 4 is 23.5 Å². The number of esters is 1. The van der Waals surface area contributed by atoms with Gasteiger partial charge in [-0.1, -0.05) is 12.1 Å². The van der Waals surface area contributed by atoms with Gasteiger partial charge in [0.05, 0.1) is 42.2 Å². The molecule has 2 aromatic rings. The predicted octanol–water partition coefficient (Wildman–Crippen LogP) is 1.98. The fourth-order valence-corrected chi connectivity index (χ4v) is 2.80. The van der Waals surface area contributed by atoms with Crippen molar-refractivity contribution in [2.75, 3.05) is 38.2 Å². The van der Waals surface area contributed by atoms with Crippen molar-refractivity contribution in [2.45, 2.75) is 6.92 Å². The van der Waals surface area contributed by atoms with Gasteiger partial charge >= 0.3 is 5.97 Å². The number of carbonyl (C=O) groups is 3. The third-order valence-corrected chi connectivity index (χ3v) is 4.22. The first kappa shape index (κ1) is 19.5. The molecule has 1 aliphatic heterocycles. The number of amides is 2. The van der Waals surface area contributed by atoms with Crippen LogP contribution in [-0.4, -0.2) is 60.6 Å². The molecule has 8 nitrogen and oxygen atoms in total. The fraction of sp³-hybridized carbons (Fsp3) is 0.300. The number of carbonyl (C=O) groups excluding carboxylic acids is 3. The fourth-order valence-electron chi connectivity index (χ4n) is 2.80. The summed E-state index contributed by atoms with van der Waals surface area (Å²) in [6, 6.07) is 8.07. The Balaban J connectivity index is 1.77. The third-order valence-electron chi connectivity index (χ3n) is 4.22. The highest BCUT2D eigenvalue weighted by atomic mass is 16.5. The molecule has 0 spiro atoms. The van der Waals surface area contributed by atoms with Crippen molar-refractivity contribution in [3.05, 3.63) is 59.4 Å². The van der Waals surface area contributed by atoms with Crippen LogP contribution in [0.2, 0.25) is 0 Å². The summed E-state index contributed by atoms with van der Waals surface area (Å²) in [5, 5.41) is 2.69. The molecule has 0 radical (unpaired) electrons. The summed E-state index contributed by atoms with van der Waals surface area (Å²) < 4.78 is 10.3. The van der Waals surface area contributed by atoms with Crippen molar-refractivity contribution in [3.8, 4) is 0 Å². The molecule has 2 amide bonds. The Bertz CT molecular complexity index is 878. The van der Waals surface area contributed by atoms with Gasteiger partial charge in [0.15, 0.2) is 0 Å². The highest BCUT2D eigenvalue weighted by molar-refractivity contribution is 6.08. The predicted molar refractivity (Wildman–Crippen MR) is 101 cm³/mol. The minimum atomic E-state index is -0.521. The summed E-state index contributed by atoms with van der Waals surface area (Å²) in [5.74, 6) is -1.19. The molecule has 1 N–H and O–H groups in total. The number of aromatic nitrogens is 1. The van der Waals surface area contributed by atoms with Crippen LogP contribution in [0.4, 0.5) is 5.69 Å². The zero-order valence-corrected chi connectivity index (χ0v) is 15.5. The first-order chi connectivity index (χ1) is 13.6. The summed E-state index contributed by atoms with van der Waals surface area (Å²) in [4.78, 5) is 43.0. The van der Waals surface area contributed by atoms with Crippen LogP contribution in [0.1, 0.15) is 38.0 Å². The molecule has 0 aliphatic carbocycles.